The third kappa shape index (κ3) is 1.89. The average Bonchev–Trinajstić information content (AvgIpc) is 2.66. The summed E-state index contributed by atoms with van der Waals surface area (Å²) in [4.78, 5) is 17.0. The highest BCUT2D eigenvalue weighted by Gasteiger charge is 2.08. The first kappa shape index (κ1) is 9.86. The lowest BCUT2D eigenvalue weighted by molar-refractivity contribution is 0.111. The number of hydrogen-bond acceptors (Lipinski definition) is 2. The van der Waals surface area contributed by atoms with E-state index in [2.05, 4.69) is 9.97 Å². The summed E-state index contributed by atoms with van der Waals surface area (Å²) in [6, 6.07) is 4.26. The second kappa shape index (κ2) is 3.82. The Morgan fingerprint density at radius 2 is 2.27 bits per heavy atom. The molecule has 0 aliphatic carbocycles. The number of imidazole rings is 1. The van der Waals surface area contributed by atoms with Gasteiger partial charge in [-0.2, -0.15) is 0 Å². The minimum atomic E-state index is -0.478. The molecule has 1 N–H and O–H groups in total. The fourth-order valence-electron chi connectivity index (χ4n) is 1.21. The smallest absolute Gasteiger partial charge is 0.167 e. The third-order valence-corrected chi connectivity index (χ3v) is 2.14. The van der Waals surface area contributed by atoms with E-state index in [0.29, 0.717) is 22.8 Å². The standard InChI is InChI=1S/C10H6ClFN2O/c11-6-1-2-8(9(12)3-6)10-13-4-7(5-15)14-10/h1-5H,(H,13,14). The second-order valence-corrected chi connectivity index (χ2v) is 3.37. The Hall–Kier alpha value is -1.68. The van der Waals surface area contributed by atoms with Gasteiger partial charge in [0.05, 0.1) is 17.5 Å². The first-order valence-electron chi connectivity index (χ1n) is 4.16. The molecule has 1 heterocycles. The van der Waals surface area contributed by atoms with Crippen LogP contribution in [0.2, 0.25) is 5.02 Å². The Bertz CT molecular complexity index is 510. The minimum Gasteiger partial charge on any atom is -0.336 e. The van der Waals surface area contributed by atoms with Crippen molar-refractivity contribution in [1.29, 1.82) is 0 Å². The lowest BCUT2D eigenvalue weighted by Crippen LogP contribution is -1.86. The molecule has 0 saturated carbocycles. The van der Waals surface area contributed by atoms with Crippen molar-refractivity contribution in [3.63, 3.8) is 0 Å². The lowest BCUT2D eigenvalue weighted by Gasteiger charge is -1.99. The van der Waals surface area contributed by atoms with Crippen molar-refractivity contribution in [2.75, 3.05) is 0 Å². The SMILES string of the molecule is O=Cc1cnc(-c2ccc(Cl)cc2F)[nH]1. The van der Waals surface area contributed by atoms with Gasteiger partial charge in [-0.25, -0.2) is 9.37 Å². The number of aromatic nitrogens is 2. The molecule has 0 aliphatic heterocycles. The third-order valence-electron chi connectivity index (χ3n) is 1.91. The Balaban J connectivity index is 2.49. The Morgan fingerprint density at radius 1 is 1.47 bits per heavy atom. The number of carbonyl (C=O) groups is 1. The van der Waals surface area contributed by atoms with E-state index >= 15 is 0 Å². The maximum absolute atomic E-state index is 13.4. The molecule has 1 aromatic heterocycles. The highest BCUT2D eigenvalue weighted by atomic mass is 35.5. The van der Waals surface area contributed by atoms with E-state index in [9.17, 15) is 9.18 Å². The molecule has 1 aromatic carbocycles. The molecule has 0 aliphatic rings. The van der Waals surface area contributed by atoms with Crippen LogP contribution in [0, 0.1) is 5.82 Å². The molecule has 0 radical (unpaired) electrons. The highest BCUT2D eigenvalue weighted by Crippen LogP contribution is 2.22. The predicted molar refractivity (Wildman–Crippen MR) is 54.4 cm³/mol. The van der Waals surface area contributed by atoms with Gasteiger partial charge in [-0.1, -0.05) is 11.6 Å². The molecular weight excluding hydrogens is 219 g/mol. The van der Waals surface area contributed by atoms with Crippen LogP contribution in [0.5, 0.6) is 0 Å². The zero-order chi connectivity index (χ0) is 10.8. The highest BCUT2D eigenvalue weighted by molar-refractivity contribution is 6.30. The fourth-order valence-corrected chi connectivity index (χ4v) is 1.37. The maximum Gasteiger partial charge on any atom is 0.167 e. The zero-order valence-electron chi connectivity index (χ0n) is 7.50. The molecule has 3 nitrogen and oxygen atoms in total. The van der Waals surface area contributed by atoms with Gasteiger partial charge < -0.3 is 4.98 Å². The van der Waals surface area contributed by atoms with Gasteiger partial charge in [-0.15, -0.1) is 0 Å². The van der Waals surface area contributed by atoms with Crippen LogP contribution in [0.25, 0.3) is 11.4 Å². The van der Waals surface area contributed by atoms with Gasteiger partial charge in [0.2, 0.25) is 0 Å². The van der Waals surface area contributed by atoms with E-state index in [1.807, 2.05) is 0 Å². The van der Waals surface area contributed by atoms with Gasteiger partial charge in [-0.3, -0.25) is 4.79 Å². The van der Waals surface area contributed by atoms with Crippen LogP contribution in [0.3, 0.4) is 0 Å². The monoisotopic (exact) mass is 224 g/mol. The largest absolute Gasteiger partial charge is 0.336 e. The number of carbonyl (C=O) groups excluding carboxylic acids is 1. The van der Waals surface area contributed by atoms with Crippen LogP contribution in [0.4, 0.5) is 4.39 Å². The van der Waals surface area contributed by atoms with E-state index < -0.39 is 5.82 Å². The lowest BCUT2D eigenvalue weighted by atomic mass is 10.2. The van der Waals surface area contributed by atoms with Crippen LogP contribution in [0.15, 0.2) is 24.4 Å². The fraction of sp³-hybridized carbons (Fsp3) is 0. The van der Waals surface area contributed by atoms with Crippen LogP contribution in [0.1, 0.15) is 10.5 Å². The number of nitrogens with one attached hydrogen (secondary N) is 1. The number of H-pyrrole nitrogens is 1. The van der Waals surface area contributed by atoms with Gasteiger partial charge in [0.1, 0.15) is 11.6 Å². The molecule has 0 amide bonds. The van der Waals surface area contributed by atoms with Gasteiger partial charge in [0.15, 0.2) is 6.29 Å². The number of aromatic amines is 1. The molecule has 0 fully saturated rings. The van der Waals surface area contributed by atoms with Crippen LogP contribution in [-0.4, -0.2) is 16.3 Å². The topological polar surface area (TPSA) is 45.8 Å². The number of rotatable bonds is 2. The van der Waals surface area contributed by atoms with Crippen molar-refractivity contribution in [3.05, 3.63) is 40.9 Å². The molecule has 2 aromatic rings. The van der Waals surface area contributed by atoms with Crippen molar-refractivity contribution in [2.45, 2.75) is 0 Å². The summed E-state index contributed by atoms with van der Waals surface area (Å²) in [7, 11) is 0. The van der Waals surface area contributed by atoms with Crippen LogP contribution >= 0.6 is 11.6 Å². The van der Waals surface area contributed by atoms with E-state index in [4.69, 9.17) is 11.6 Å². The van der Waals surface area contributed by atoms with E-state index in [0.717, 1.165) is 0 Å². The number of hydrogen-bond donors (Lipinski definition) is 1. The average molecular weight is 225 g/mol. The Morgan fingerprint density at radius 3 is 2.87 bits per heavy atom. The summed E-state index contributed by atoms with van der Waals surface area (Å²) in [6.45, 7) is 0. The molecule has 0 bridgehead atoms. The summed E-state index contributed by atoms with van der Waals surface area (Å²) in [5.74, 6) is -0.166. The quantitative estimate of drug-likeness (QED) is 0.798. The van der Waals surface area contributed by atoms with Crippen LogP contribution in [-0.2, 0) is 0 Å². The number of halogens is 2. The van der Waals surface area contributed by atoms with Crippen molar-refractivity contribution in [2.24, 2.45) is 0 Å². The van der Waals surface area contributed by atoms with Gasteiger partial charge in [-0.05, 0) is 18.2 Å². The molecule has 76 valence electrons. The number of nitrogens with zero attached hydrogens (tertiary/aromatic N) is 1. The predicted octanol–water partition coefficient (Wildman–Crippen LogP) is 2.68. The van der Waals surface area contributed by atoms with Crippen molar-refractivity contribution < 1.29 is 9.18 Å². The van der Waals surface area contributed by atoms with Crippen molar-refractivity contribution in [1.82, 2.24) is 9.97 Å². The van der Waals surface area contributed by atoms with Gasteiger partial charge >= 0.3 is 0 Å². The van der Waals surface area contributed by atoms with Crippen molar-refractivity contribution >= 4 is 17.9 Å². The maximum atomic E-state index is 13.4. The molecule has 5 heteroatoms. The van der Waals surface area contributed by atoms with E-state index in [1.165, 1.54) is 18.3 Å². The Labute approximate surface area is 89.9 Å². The number of benzene rings is 1. The first-order chi connectivity index (χ1) is 7.20. The molecule has 15 heavy (non-hydrogen) atoms. The summed E-state index contributed by atoms with van der Waals surface area (Å²) in [5.41, 5.74) is 0.590. The molecule has 0 saturated heterocycles. The summed E-state index contributed by atoms with van der Waals surface area (Å²) >= 11 is 5.61. The summed E-state index contributed by atoms with van der Waals surface area (Å²) in [6.07, 6.45) is 1.96. The molecular formula is C10H6ClFN2O. The van der Waals surface area contributed by atoms with Gasteiger partial charge in [0.25, 0.3) is 0 Å². The Kier molecular flexibility index (Phi) is 2.51. The van der Waals surface area contributed by atoms with Crippen LogP contribution < -0.4 is 0 Å². The second-order valence-electron chi connectivity index (χ2n) is 2.93. The summed E-state index contributed by atoms with van der Waals surface area (Å²) < 4.78 is 13.4. The van der Waals surface area contributed by atoms with E-state index in [-0.39, 0.29) is 5.56 Å². The van der Waals surface area contributed by atoms with E-state index in [1.54, 1.807) is 6.07 Å². The summed E-state index contributed by atoms with van der Waals surface area (Å²) in [5, 5.41) is 0.318. The zero-order valence-corrected chi connectivity index (χ0v) is 8.25. The van der Waals surface area contributed by atoms with Crippen molar-refractivity contribution in [3.8, 4) is 11.4 Å². The minimum absolute atomic E-state index is 0.285. The molecule has 0 spiro atoms. The normalized spacial score (nSPS) is 10.3. The van der Waals surface area contributed by atoms with Gasteiger partial charge in [0, 0.05) is 5.02 Å². The molecule has 2 rings (SSSR count). The number of aldehydes is 1. The molecule has 0 atom stereocenters. The first-order valence-corrected chi connectivity index (χ1v) is 4.54. The molecule has 0 unspecified atom stereocenters.